The first kappa shape index (κ1) is 11.5. The number of carbonyl (C=O) groups is 1. The van der Waals surface area contributed by atoms with E-state index in [1.165, 1.54) is 0 Å². The Hall–Kier alpha value is -0.610. The quantitative estimate of drug-likeness (QED) is 0.699. The minimum Gasteiger partial charge on any atom is -0.381 e. The van der Waals surface area contributed by atoms with Crippen LogP contribution in [0.4, 0.5) is 0 Å². The van der Waals surface area contributed by atoms with Gasteiger partial charge in [0.15, 0.2) is 0 Å². The van der Waals surface area contributed by atoms with Gasteiger partial charge in [-0.15, -0.1) is 0 Å². The Labute approximate surface area is 85.6 Å². The summed E-state index contributed by atoms with van der Waals surface area (Å²) in [6, 6.07) is 0. The number of nitrogens with zero attached hydrogens (tertiary/aromatic N) is 1. The highest BCUT2D eigenvalue weighted by Gasteiger charge is 2.20. The highest BCUT2D eigenvalue weighted by Crippen LogP contribution is 2.14. The summed E-state index contributed by atoms with van der Waals surface area (Å²) in [7, 11) is 4.00. The van der Waals surface area contributed by atoms with Crippen molar-refractivity contribution in [1.82, 2.24) is 10.2 Å². The molecule has 1 N–H and O–H groups in total. The molecule has 0 spiro atoms. The van der Waals surface area contributed by atoms with Crippen molar-refractivity contribution in [3.8, 4) is 0 Å². The van der Waals surface area contributed by atoms with Crippen molar-refractivity contribution < 1.29 is 9.53 Å². The fourth-order valence-electron chi connectivity index (χ4n) is 1.51. The van der Waals surface area contributed by atoms with Crippen LogP contribution in [0.2, 0.25) is 0 Å². The summed E-state index contributed by atoms with van der Waals surface area (Å²) in [6.07, 6.45) is 1.74. The van der Waals surface area contributed by atoms with Gasteiger partial charge in [-0.1, -0.05) is 0 Å². The molecular formula is C10H20N2O2. The molecular weight excluding hydrogens is 180 g/mol. The van der Waals surface area contributed by atoms with E-state index in [1.807, 2.05) is 14.1 Å². The van der Waals surface area contributed by atoms with E-state index in [2.05, 4.69) is 10.2 Å². The Morgan fingerprint density at radius 1 is 1.43 bits per heavy atom. The highest BCUT2D eigenvalue weighted by molar-refractivity contribution is 5.78. The van der Waals surface area contributed by atoms with Crippen molar-refractivity contribution in [1.29, 1.82) is 0 Å². The molecule has 1 saturated heterocycles. The normalized spacial score (nSPS) is 18.5. The summed E-state index contributed by atoms with van der Waals surface area (Å²) in [6.45, 7) is 3.09. The summed E-state index contributed by atoms with van der Waals surface area (Å²) in [5.41, 5.74) is 0. The zero-order valence-electron chi connectivity index (χ0n) is 9.08. The van der Waals surface area contributed by atoms with Crippen LogP contribution in [-0.2, 0) is 9.53 Å². The van der Waals surface area contributed by atoms with Gasteiger partial charge in [0.25, 0.3) is 0 Å². The van der Waals surface area contributed by atoms with Crippen molar-refractivity contribution >= 4 is 5.91 Å². The lowest BCUT2D eigenvalue weighted by Crippen LogP contribution is -2.37. The van der Waals surface area contributed by atoms with Crippen LogP contribution in [0.1, 0.15) is 12.8 Å². The van der Waals surface area contributed by atoms with E-state index in [0.717, 1.165) is 39.1 Å². The molecule has 0 aromatic heterocycles. The van der Waals surface area contributed by atoms with Gasteiger partial charge < -0.3 is 15.0 Å². The summed E-state index contributed by atoms with van der Waals surface area (Å²) >= 11 is 0. The van der Waals surface area contributed by atoms with Crippen LogP contribution in [0, 0.1) is 5.92 Å². The van der Waals surface area contributed by atoms with E-state index in [4.69, 9.17) is 4.74 Å². The molecule has 0 unspecified atom stereocenters. The number of likely N-dealkylation sites (N-methyl/N-ethyl adjacent to an activating group) is 1. The van der Waals surface area contributed by atoms with E-state index in [9.17, 15) is 4.79 Å². The van der Waals surface area contributed by atoms with Crippen LogP contribution in [0.3, 0.4) is 0 Å². The summed E-state index contributed by atoms with van der Waals surface area (Å²) in [4.78, 5) is 13.7. The third kappa shape index (κ3) is 4.07. The first-order valence-electron chi connectivity index (χ1n) is 5.20. The molecule has 1 fully saturated rings. The van der Waals surface area contributed by atoms with E-state index >= 15 is 0 Å². The minimum absolute atomic E-state index is 0.172. The van der Waals surface area contributed by atoms with Gasteiger partial charge in [0.1, 0.15) is 0 Å². The predicted molar refractivity (Wildman–Crippen MR) is 55.1 cm³/mol. The van der Waals surface area contributed by atoms with Crippen molar-refractivity contribution in [3.05, 3.63) is 0 Å². The molecule has 1 amide bonds. The number of hydrogen-bond donors (Lipinski definition) is 1. The highest BCUT2D eigenvalue weighted by atomic mass is 16.5. The number of rotatable bonds is 4. The molecule has 1 heterocycles. The van der Waals surface area contributed by atoms with Gasteiger partial charge in [0.2, 0.25) is 5.91 Å². The van der Waals surface area contributed by atoms with E-state index < -0.39 is 0 Å². The van der Waals surface area contributed by atoms with E-state index in [-0.39, 0.29) is 11.8 Å². The Balaban J connectivity index is 2.13. The van der Waals surface area contributed by atoms with Crippen molar-refractivity contribution in [2.24, 2.45) is 5.92 Å². The molecule has 1 aliphatic heterocycles. The lowest BCUT2D eigenvalue weighted by molar-refractivity contribution is -0.127. The van der Waals surface area contributed by atoms with Crippen molar-refractivity contribution in [3.63, 3.8) is 0 Å². The Morgan fingerprint density at radius 2 is 2.07 bits per heavy atom. The average molecular weight is 200 g/mol. The van der Waals surface area contributed by atoms with Crippen LogP contribution in [0.5, 0.6) is 0 Å². The van der Waals surface area contributed by atoms with Crippen LogP contribution in [0.25, 0.3) is 0 Å². The molecule has 0 aromatic rings. The van der Waals surface area contributed by atoms with E-state index in [1.54, 1.807) is 0 Å². The summed E-state index contributed by atoms with van der Waals surface area (Å²) in [5.74, 6) is 0.362. The molecule has 14 heavy (non-hydrogen) atoms. The number of nitrogens with one attached hydrogen (secondary N) is 1. The number of carbonyl (C=O) groups excluding carboxylic acids is 1. The van der Waals surface area contributed by atoms with Crippen LogP contribution >= 0.6 is 0 Å². The Kier molecular flexibility index (Phi) is 4.90. The van der Waals surface area contributed by atoms with Crippen molar-refractivity contribution in [2.45, 2.75) is 12.8 Å². The third-order valence-electron chi connectivity index (χ3n) is 2.45. The monoisotopic (exact) mass is 200 g/mol. The molecule has 1 rings (SSSR count). The molecule has 0 saturated carbocycles. The molecule has 0 aliphatic carbocycles. The van der Waals surface area contributed by atoms with Gasteiger partial charge >= 0.3 is 0 Å². The van der Waals surface area contributed by atoms with Gasteiger partial charge in [0, 0.05) is 32.2 Å². The molecule has 4 nitrogen and oxygen atoms in total. The standard InChI is InChI=1S/C10H20N2O2/c1-12(2)6-5-11-10(13)9-3-7-14-8-4-9/h9H,3-8H2,1-2H3,(H,11,13). The molecule has 0 atom stereocenters. The third-order valence-corrected chi connectivity index (χ3v) is 2.45. The predicted octanol–water partition coefficient (Wildman–Crippen LogP) is 0.0908. The molecule has 0 bridgehead atoms. The fourth-order valence-corrected chi connectivity index (χ4v) is 1.51. The topological polar surface area (TPSA) is 41.6 Å². The van der Waals surface area contributed by atoms with Gasteiger partial charge in [0.05, 0.1) is 0 Å². The lowest BCUT2D eigenvalue weighted by atomic mass is 9.99. The molecule has 82 valence electrons. The van der Waals surface area contributed by atoms with Gasteiger partial charge in [-0.2, -0.15) is 0 Å². The second kappa shape index (κ2) is 5.98. The maximum Gasteiger partial charge on any atom is 0.223 e. The second-order valence-corrected chi connectivity index (χ2v) is 3.98. The van der Waals surface area contributed by atoms with Crippen LogP contribution in [-0.4, -0.2) is 51.2 Å². The maximum atomic E-state index is 11.6. The van der Waals surface area contributed by atoms with Gasteiger partial charge in [-0.05, 0) is 26.9 Å². The zero-order chi connectivity index (χ0) is 10.4. The van der Waals surface area contributed by atoms with Crippen LogP contribution < -0.4 is 5.32 Å². The SMILES string of the molecule is CN(C)CCNC(=O)C1CCOCC1. The van der Waals surface area contributed by atoms with Crippen LogP contribution in [0.15, 0.2) is 0 Å². The average Bonchev–Trinajstić information content (AvgIpc) is 2.18. The van der Waals surface area contributed by atoms with E-state index in [0.29, 0.717) is 0 Å². The Bertz CT molecular complexity index is 177. The van der Waals surface area contributed by atoms with Gasteiger partial charge in [-0.3, -0.25) is 4.79 Å². The lowest BCUT2D eigenvalue weighted by Gasteiger charge is -2.21. The Morgan fingerprint density at radius 3 is 2.64 bits per heavy atom. The fraction of sp³-hybridized carbons (Fsp3) is 0.900. The number of hydrogen-bond acceptors (Lipinski definition) is 3. The number of ether oxygens (including phenoxy) is 1. The van der Waals surface area contributed by atoms with Crippen molar-refractivity contribution in [2.75, 3.05) is 40.4 Å². The zero-order valence-corrected chi connectivity index (χ0v) is 9.08. The molecule has 0 aromatic carbocycles. The smallest absolute Gasteiger partial charge is 0.223 e. The first-order chi connectivity index (χ1) is 6.70. The van der Waals surface area contributed by atoms with Gasteiger partial charge in [-0.25, -0.2) is 0 Å². The maximum absolute atomic E-state index is 11.6. The number of amides is 1. The molecule has 4 heteroatoms. The molecule has 0 radical (unpaired) electrons. The first-order valence-corrected chi connectivity index (χ1v) is 5.20. The summed E-state index contributed by atoms with van der Waals surface area (Å²) < 4.78 is 5.20. The second-order valence-electron chi connectivity index (χ2n) is 3.98. The minimum atomic E-state index is 0.172. The largest absolute Gasteiger partial charge is 0.381 e. The molecule has 1 aliphatic rings. The summed E-state index contributed by atoms with van der Waals surface area (Å²) in [5, 5.41) is 2.95.